The van der Waals surface area contributed by atoms with E-state index in [2.05, 4.69) is 21.0 Å². The largest absolute Gasteiger partial charge is 0.497 e. The molecule has 2 heterocycles. The maximum absolute atomic E-state index is 12.2. The summed E-state index contributed by atoms with van der Waals surface area (Å²) in [5.74, 6) is 0.870. The maximum atomic E-state index is 12.2. The fourth-order valence-corrected chi connectivity index (χ4v) is 2.45. The lowest BCUT2D eigenvalue weighted by Gasteiger charge is -2.05. The van der Waals surface area contributed by atoms with Crippen LogP contribution in [0, 0.1) is 13.8 Å². The number of aromatic amines is 1. The highest BCUT2D eigenvalue weighted by Gasteiger charge is 2.16. The normalized spacial score (nSPS) is 10.4. The van der Waals surface area contributed by atoms with Gasteiger partial charge in [-0.2, -0.15) is 5.10 Å². The van der Waals surface area contributed by atoms with Crippen LogP contribution in [0.25, 0.3) is 11.3 Å². The van der Waals surface area contributed by atoms with E-state index in [1.54, 1.807) is 45.2 Å². The van der Waals surface area contributed by atoms with Crippen LogP contribution >= 0.6 is 0 Å². The van der Waals surface area contributed by atoms with Crippen LogP contribution in [0.5, 0.6) is 5.75 Å². The molecule has 0 radical (unpaired) electrons. The number of H-pyrrole nitrogens is 1. The van der Waals surface area contributed by atoms with E-state index in [1.165, 1.54) is 0 Å². The molecule has 0 fully saturated rings. The fraction of sp³-hybridized carbons (Fsp3) is 0.167. The first-order valence-electron chi connectivity index (χ1n) is 7.85. The van der Waals surface area contributed by atoms with Gasteiger partial charge in [-0.3, -0.25) is 25.5 Å². The number of amides is 2. The molecule has 0 atom stereocenters. The van der Waals surface area contributed by atoms with Crippen molar-refractivity contribution in [2.75, 3.05) is 7.11 Å². The minimum Gasteiger partial charge on any atom is -0.497 e. The first-order valence-corrected chi connectivity index (χ1v) is 7.85. The van der Waals surface area contributed by atoms with Crippen molar-refractivity contribution in [1.29, 1.82) is 0 Å². The van der Waals surface area contributed by atoms with E-state index < -0.39 is 11.8 Å². The van der Waals surface area contributed by atoms with E-state index in [1.807, 2.05) is 12.1 Å². The quantitative estimate of drug-likeness (QED) is 0.623. The Balaban J connectivity index is 1.64. The number of hydrogen-bond acceptors (Lipinski definition) is 5. The van der Waals surface area contributed by atoms with Gasteiger partial charge in [-0.1, -0.05) is 0 Å². The van der Waals surface area contributed by atoms with Crippen molar-refractivity contribution >= 4 is 11.8 Å². The molecule has 26 heavy (non-hydrogen) atoms. The van der Waals surface area contributed by atoms with E-state index in [0.717, 1.165) is 11.3 Å². The SMILES string of the molecule is COc1ccc(-c2cc(C(=O)NNC(=O)c3cc(C)oc3C)[nH]n2)cc1. The number of aromatic nitrogens is 2. The zero-order valence-electron chi connectivity index (χ0n) is 14.5. The second kappa shape index (κ2) is 7.14. The van der Waals surface area contributed by atoms with E-state index >= 15 is 0 Å². The Morgan fingerprint density at radius 3 is 2.38 bits per heavy atom. The van der Waals surface area contributed by atoms with Crippen molar-refractivity contribution in [2.45, 2.75) is 13.8 Å². The van der Waals surface area contributed by atoms with Gasteiger partial charge in [0.15, 0.2) is 0 Å². The molecule has 0 saturated carbocycles. The summed E-state index contributed by atoms with van der Waals surface area (Å²) in [6.07, 6.45) is 0. The number of hydrogen-bond donors (Lipinski definition) is 3. The van der Waals surface area contributed by atoms with Crippen molar-refractivity contribution in [1.82, 2.24) is 21.0 Å². The van der Waals surface area contributed by atoms with E-state index in [0.29, 0.717) is 22.8 Å². The zero-order valence-corrected chi connectivity index (χ0v) is 14.5. The third-order valence-corrected chi connectivity index (χ3v) is 3.78. The van der Waals surface area contributed by atoms with Crippen molar-refractivity contribution < 1.29 is 18.7 Å². The first-order chi connectivity index (χ1) is 12.5. The number of ether oxygens (including phenoxy) is 1. The zero-order chi connectivity index (χ0) is 18.7. The predicted octanol–water partition coefficient (Wildman–Crippen LogP) is 2.37. The molecule has 3 aromatic rings. The molecular weight excluding hydrogens is 336 g/mol. The Bertz CT molecular complexity index is 941. The van der Waals surface area contributed by atoms with Crippen LogP contribution in [0.4, 0.5) is 0 Å². The van der Waals surface area contributed by atoms with E-state index in [-0.39, 0.29) is 5.69 Å². The molecule has 3 N–H and O–H groups in total. The number of aryl methyl sites for hydroxylation is 2. The summed E-state index contributed by atoms with van der Waals surface area (Å²) >= 11 is 0. The first kappa shape index (κ1) is 17.3. The summed E-state index contributed by atoms with van der Waals surface area (Å²) in [4.78, 5) is 24.3. The highest BCUT2D eigenvalue weighted by molar-refractivity contribution is 5.99. The Morgan fingerprint density at radius 2 is 1.77 bits per heavy atom. The van der Waals surface area contributed by atoms with Crippen LogP contribution in [0.2, 0.25) is 0 Å². The van der Waals surface area contributed by atoms with Gasteiger partial charge in [0.1, 0.15) is 23.0 Å². The van der Waals surface area contributed by atoms with Crippen LogP contribution in [-0.4, -0.2) is 29.1 Å². The van der Waals surface area contributed by atoms with Gasteiger partial charge in [0.2, 0.25) is 0 Å². The van der Waals surface area contributed by atoms with Crippen LogP contribution in [0.15, 0.2) is 40.8 Å². The Morgan fingerprint density at radius 1 is 1.08 bits per heavy atom. The highest BCUT2D eigenvalue weighted by atomic mass is 16.5. The van der Waals surface area contributed by atoms with Crippen molar-refractivity contribution in [3.63, 3.8) is 0 Å². The summed E-state index contributed by atoms with van der Waals surface area (Å²) in [6, 6.07) is 10.5. The molecule has 0 unspecified atom stereocenters. The molecule has 134 valence electrons. The molecule has 3 rings (SSSR count). The number of benzene rings is 1. The molecule has 0 aliphatic carbocycles. The van der Waals surface area contributed by atoms with E-state index in [9.17, 15) is 9.59 Å². The maximum Gasteiger partial charge on any atom is 0.287 e. The number of carbonyl (C=O) groups excluding carboxylic acids is 2. The monoisotopic (exact) mass is 354 g/mol. The number of carbonyl (C=O) groups is 2. The van der Waals surface area contributed by atoms with Crippen LogP contribution in [0.3, 0.4) is 0 Å². The van der Waals surface area contributed by atoms with Gasteiger partial charge in [0, 0.05) is 5.56 Å². The molecule has 0 spiro atoms. The molecule has 2 aromatic heterocycles. The average molecular weight is 354 g/mol. The van der Waals surface area contributed by atoms with Crippen LogP contribution < -0.4 is 15.6 Å². The molecule has 2 amide bonds. The molecule has 8 nitrogen and oxygen atoms in total. The van der Waals surface area contributed by atoms with Gasteiger partial charge in [-0.05, 0) is 50.2 Å². The van der Waals surface area contributed by atoms with Gasteiger partial charge in [0.05, 0.1) is 18.4 Å². The summed E-state index contributed by atoms with van der Waals surface area (Å²) in [5.41, 5.74) is 6.71. The summed E-state index contributed by atoms with van der Waals surface area (Å²) < 4.78 is 10.4. The summed E-state index contributed by atoms with van der Waals surface area (Å²) in [5, 5.41) is 6.76. The van der Waals surface area contributed by atoms with Crippen molar-refractivity contribution in [3.8, 4) is 17.0 Å². The topological polar surface area (TPSA) is 109 Å². The van der Waals surface area contributed by atoms with Crippen molar-refractivity contribution in [3.05, 3.63) is 59.2 Å². The van der Waals surface area contributed by atoms with Crippen LogP contribution in [0.1, 0.15) is 32.4 Å². The molecule has 8 heteroatoms. The molecular formula is C18H18N4O4. The lowest BCUT2D eigenvalue weighted by molar-refractivity contribution is 0.0843. The predicted molar refractivity (Wildman–Crippen MR) is 93.7 cm³/mol. The smallest absolute Gasteiger partial charge is 0.287 e. The van der Waals surface area contributed by atoms with Crippen LogP contribution in [-0.2, 0) is 0 Å². The van der Waals surface area contributed by atoms with Gasteiger partial charge in [-0.25, -0.2) is 0 Å². The standard InChI is InChI=1S/C18H18N4O4/c1-10-8-14(11(2)26-10)17(23)21-22-18(24)16-9-15(19-20-16)12-4-6-13(25-3)7-5-12/h4-9H,1-3H3,(H,19,20)(H,21,23)(H,22,24). The third-order valence-electron chi connectivity index (χ3n) is 3.78. The molecule has 1 aromatic carbocycles. The minimum atomic E-state index is -0.511. The van der Waals surface area contributed by atoms with E-state index in [4.69, 9.17) is 9.15 Å². The second-order valence-corrected chi connectivity index (χ2v) is 5.63. The fourth-order valence-electron chi connectivity index (χ4n) is 2.45. The summed E-state index contributed by atoms with van der Waals surface area (Å²) in [6.45, 7) is 3.42. The number of rotatable bonds is 4. The second-order valence-electron chi connectivity index (χ2n) is 5.63. The molecule has 0 aliphatic rings. The highest BCUT2D eigenvalue weighted by Crippen LogP contribution is 2.21. The number of methoxy groups -OCH3 is 1. The molecule has 0 saturated heterocycles. The average Bonchev–Trinajstić information content (AvgIpc) is 3.26. The van der Waals surface area contributed by atoms with Crippen molar-refractivity contribution in [2.24, 2.45) is 0 Å². The Hall–Kier alpha value is -3.55. The lowest BCUT2D eigenvalue weighted by Crippen LogP contribution is -2.41. The molecule has 0 aliphatic heterocycles. The number of furan rings is 1. The third kappa shape index (κ3) is 3.59. The van der Waals surface area contributed by atoms with Gasteiger partial charge >= 0.3 is 0 Å². The number of nitrogens with zero attached hydrogens (tertiary/aromatic N) is 1. The Labute approximate surface area is 149 Å². The molecule has 0 bridgehead atoms. The van der Waals surface area contributed by atoms with Gasteiger partial charge < -0.3 is 9.15 Å². The number of hydrazine groups is 1. The Kier molecular flexibility index (Phi) is 4.74. The van der Waals surface area contributed by atoms with Gasteiger partial charge in [0.25, 0.3) is 11.8 Å². The lowest BCUT2D eigenvalue weighted by atomic mass is 10.1. The minimum absolute atomic E-state index is 0.219. The summed E-state index contributed by atoms with van der Waals surface area (Å²) in [7, 11) is 1.59. The van der Waals surface area contributed by atoms with Gasteiger partial charge in [-0.15, -0.1) is 0 Å². The number of nitrogens with one attached hydrogen (secondary N) is 3.